The molecule has 3 aliphatic heterocycles. The Morgan fingerprint density at radius 2 is 1.97 bits per heavy atom. The second kappa shape index (κ2) is 9.89. The lowest BCUT2D eigenvalue weighted by atomic mass is 9.70. The van der Waals surface area contributed by atoms with Crippen LogP contribution in [0.3, 0.4) is 0 Å². The van der Waals surface area contributed by atoms with E-state index in [1.165, 1.54) is 6.92 Å². The number of likely N-dealkylation sites (tertiary alicyclic amines) is 1. The molecule has 3 aliphatic rings. The van der Waals surface area contributed by atoms with Crippen LogP contribution in [-0.4, -0.2) is 59.8 Å². The van der Waals surface area contributed by atoms with Crippen LogP contribution in [0.25, 0.3) is 0 Å². The van der Waals surface area contributed by atoms with Gasteiger partial charge in [-0.1, -0.05) is 12.1 Å². The predicted molar refractivity (Wildman–Crippen MR) is 138 cm³/mol. The lowest BCUT2D eigenvalue weighted by molar-refractivity contribution is -0.189. The first-order chi connectivity index (χ1) is 17.6. The average molecular weight is 509 g/mol. The van der Waals surface area contributed by atoms with E-state index in [1.807, 2.05) is 23.1 Å². The van der Waals surface area contributed by atoms with Crippen LogP contribution in [0.1, 0.15) is 50.8 Å². The van der Waals surface area contributed by atoms with E-state index in [1.54, 1.807) is 31.4 Å². The maximum absolute atomic E-state index is 13.6. The summed E-state index contributed by atoms with van der Waals surface area (Å²) >= 11 is 0. The molecule has 0 spiro atoms. The van der Waals surface area contributed by atoms with Gasteiger partial charge in [-0.3, -0.25) is 9.59 Å². The molecule has 2 amide bonds. The van der Waals surface area contributed by atoms with Crippen molar-refractivity contribution in [2.75, 3.05) is 20.2 Å². The second-order valence-corrected chi connectivity index (χ2v) is 11.0. The van der Waals surface area contributed by atoms with Crippen LogP contribution in [0, 0.1) is 11.8 Å². The summed E-state index contributed by atoms with van der Waals surface area (Å²) in [6, 6.07) is 12.0. The molecule has 5 rings (SSSR count). The third-order valence-corrected chi connectivity index (χ3v) is 8.06. The summed E-state index contributed by atoms with van der Waals surface area (Å²) in [5.74, 6) is 1.74. The molecule has 2 fully saturated rings. The van der Waals surface area contributed by atoms with Crippen LogP contribution >= 0.6 is 0 Å². The highest BCUT2D eigenvalue weighted by Crippen LogP contribution is 2.53. The van der Waals surface area contributed by atoms with Crippen molar-refractivity contribution in [3.63, 3.8) is 0 Å². The fourth-order valence-electron chi connectivity index (χ4n) is 6.15. The van der Waals surface area contributed by atoms with Crippen molar-refractivity contribution >= 4 is 11.8 Å². The molecule has 2 N–H and O–H groups in total. The molecule has 2 saturated heterocycles. The molecule has 5 atom stereocenters. The first-order valence-corrected chi connectivity index (χ1v) is 13.0. The number of phenolic OH excluding ortho intramolecular Hbond substituents is 1. The zero-order chi connectivity index (χ0) is 26.3. The first kappa shape index (κ1) is 25.4. The van der Waals surface area contributed by atoms with E-state index in [2.05, 4.69) is 19.2 Å². The van der Waals surface area contributed by atoms with Crippen molar-refractivity contribution in [1.82, 2.24) is 10.2 Å². The van der Waals surface area contributed by atoms with Gasteiger partial charge in [0.25, 0.3) is 0 Å². The van der Waals surface area contributed by atoms with Crippen LogP contribution in [0.15, 0.2) is 42.5 Å². The highest BCUT2D eigenvalue weighted by atomic mass is 16.5. The van der Waals surface area contributed by atoms with Crippen LogP contribution in [-0.2, 0) is 20.7 Å². The molecule has 3 heterocycles. The van der Waals surface area contributed by atoms with Gasteiger partial charge in [-0.25, -0.2) is 0 Å². The maximum atomic E-state index is 13.6. The van der Waals surface area contributed by atoms with Crippen molar-refractivity contribution < 1.29 is 28.9 Å². The number of hydrogen-bond acceptors (Lipinski definition) is 6. The minimum absolute atomic E-state index is 0.0604. The Morgan fingerprint density at radius 3 is 2.68 bits per heavy atom. The standard InChI is InChI=1S/C29H36N2O6/c1-17(32)30-24(13-18-5-7-20(33)8-6-18)28(34)31-12-11-25-19(16-31)14-23-27(36-25)22-10-9-21(35-4)15-26(22)37-29(23,2)3/h5-10,15,19,23-25,27,33H,11-14,16H2,1-4H3,(H,30,32)/t19-,23+,24+,25+,27-/m1/s1. The molecular formula is C29H36N2O6. The van der Waals surface area contributed by atoms with E-state index < -0.39 is 11.6 Å². The highest BCUT2D eigenvalue weighted by Gasteiger charge is 2.51. The highest BCUT2D eigenvalue weighted by molar-refractivity contribution is 5.87. The Kier molecular flexibility index (Phi) is 6.79. The number of nitrogens with zero attached hydrogens (tertiary/aromatic N) is 1. The van der Waals surface area contributed by atoms with Crippen molar-refractivity contribution in [2.45, 2.75) is 63.9 Å². The topological polar surface area (TPSA) is 97.3 Å². The number of methoxy groups -OCH3 is 1. The molecule has 0 bridgehead atoms. The smallest absolute Gasteiger partial charge is 0.245 e. The van der Waals surface area contributed by atoms with Gasteiger partial charge in [0.1, 0.15) is 28.9 Å². The molecule has 0 unspecified atom stereocenters. The number of hydrogen-bond donors (Lipinski definition) is 2. The summed E-state index contributed by atoms with van der Waals surface area (Å²) in [6.45, 7) is 6.80. The zero-order valence-electron chi connectivity index (χ0n) is 21.9. The molecule has 0 aromatic heterocycles. The summed E-state index contributed by atoms with van der Waals surface area (Å²) in [5, 5.41) is 12.4. The molecule has 0 radical (unpaired) electrons. The van der Waals surface area contributed by atoms with Gasteiger partial charge in [-0.15, -0.1) is 0 Å². The van der Waals surface area contributed by atoms with Gasteiger partial charge in [0.05, 0.1) is 19.3 Å². The molecule has 2 aromatic carbocycles. The minimum atomic E-state index is -0.660. The number of rotatable bonds is 5. The van der Waals surface area contributed by atoms with E-state index >= 15 is 0 Å². The third kappa shape index (κ3) is 5.12. The molecule has 8 heteroatoms. The number of nitrogens with one attached hydrogen (secondary N) is 1. The number of phenols is 1. The number of carbonyl (C=O) groups is 2. The second-order valence-electron chi connectivity index (χ2n) is 11.0. The Morgan fingerprint density at radius 1 is 1.22 bits per heavy atom. The normalized spacial score (nSPS) is 26.5. The van der Waals surface area contributed by atoms with E-state index in [-0.39, 0.29) is 41.6 Å². The van der Waals surface area contributed by atoms with Crippen molar-refractivity contribution in [1.29, 1.82) is 0 Å². The van der Waals surface area contributed by atoms with Gasteiger partial charge in [0.2, 0.25) is 11.8 Å². The summed E-state index contributed by atoms with van der Waals surface area (Å²) in [7, 11) is 1.65. The Balaban J connectivity index is 1.32. The predicted octanol–water partition coefficient (Wildman–Crippen LogP) is 3.61. The average Bonchev–Trinajstić information content (AvgIpc) is 2.87. The summed E-state index contributed by atoms with van der Waals surface area (Å²) < 4.78 is 18.6. The van der Waals surface area contributed by atoms with Crippen molar-refractivity contribution in [3.8, 4) is 17.2 Å². The number of aromatic hydroxyl groups is 1. The molecular weight excluding hydrogens is 472 g/mol. The SMILES string of the molecule is COc1ccc2c(c1)OC(C)(C)[C@H]1C[C@@H]3CN(C(=O)[C@H](Cc4ccc(O)cc4)NC(C)=O)CC[C@@H]3O[C@H]21. The minimum Gasteiger partial charge on any atom is -0.508 e. The summed E-state index contributed by atoms with van der Waals surface area (Å²) in [5.41, 5.74) is 1.50. The van der Waals surface area contributed by atoms with E-state index in [0.29, 0.717) is 19.5 Å². The molecule has 37 heavy (non-hydrogen) atoms. The third-order valence-electron chi connectivity index (χ3n) is 8.06. The maximum Gasteiger partial charge on any atom is 0.245 e. The van der Waals surface area contributed by atoms with Crippen LogP contribution in [0.5, 0.6) is 17.2 Å². The van der Waals surface area contributed by atoms with E-state index in [0.717, 1.165) is 35.5 Å². The summed E-state index contributed by atoms with van der Waals surface area (Å²) in [4.78, 5) is 27.4. The Bertz CT molecular complexity index is 1160. The number of ether oxygens (including phenoxy) is 3. The lowest BCUT2D eigenvalue weighted by Gasteiger charge is -2.53. The molecule has 2 aromatic rings. The number of fused-ring (bicyclic) bond motifs is 4. The van der Waals surface area contributed by atoms with Gasteiger partial charge in [-0.2, -0.15) is 0 Å². The van der Waals surface area contributed by atoms with Crippen molar-refractivity contribution in [3.05, 3.63) is 53.6 Å². The van der Waals surface area contributed by atoms with Crippen LogP contribution in [0.2, 0.25) is 0 Å². The quantitative estimate of drug-likeness (QED) is 0.641. The summed E-state index contributed by atoms with van der Waals surface area (Å²) in [6.07, 6.45) is 2.00. The van der Waals surface area contributed by atoms with Crippen LogP contribution < -0.4 is 14.8 Å². The van der Waals surface area contributed by atoms with E-state index in [9.17, 15) is 14.7 Å². The largest absolute Gasteiger partial charge is 0.508 e. The molecule has 0 saturated carbocycles. The van der Waals surface area contributed by atoms with Gasteiger partial charge in [0.15, 0.2) is 0 Å². The Hall–Kier alpha value is -3.26. The number of amides is 2. The van der Waals surface area contributed by atoms with Gasteiger partial charge in [-0.05, 0) is 56.5 Å². The zero-order valence-corrected chi connectivity index (χ0v) is 21.9. The number of piperidine rings is 1. The lowest BCUT2D eigenvalue weighted by Crippen LogP contribution is -2.58. The van der Waals surface area contributed by atoms with Crippen molar-refractivity contribution in [2.24, 2.45) is 11.8 Å². The first-order valence-electron chi connectivity index (χ1n) is 13.0. The van der Waals surface area contributed by atoms with Gasteiger partial charge in [0, 0.05) is 49.9 Å². The number of carbonyl (C=O) groups excluding carboxylic acids is 2. The van der Waals surface area contributed by atoms with Crippen LogP contribution in [0.4, 0.5) is 0 Å². The fraction of sp³-hybridized carbons (Fsp3) is 0.517. The van der Waals surface area contributed by atoms with Gasteiger partial charge < -0.3 is 29.5 Å². The monoisotopic (exact) mass is 508 g/mol. The molecule has 8 nitrogen and oxygen atoms in total. The molecule has 0 aliphatic carbocycles. The Labute approximate surface area is 217 Å². The molecule has 198 valence electrons. The number of benzene rings is 2. The van der Waals surface area contributed by atoms with E-state index in [4.69, 9.17) is 14.2 Å². The van der Waals surface area contributed by atoms with Gasteiger partial charge >= 0.3 is 0 Å². The fourth-order valence-corrected chi connectivity index (χ4v) is 6.15.